The van der Waals surface area contributed by atoms with Gasteiger partial charge >= 0.3 is 0 Å². The van der Waals surface area contributed by atoms with E-state index in [1.807, 2.05) is 36.5 Å². The molecule has 4 heterocycles. The molecule has 0 saturated heterocycles. The molecule has 4 aromatic rings. The van der Waals surface area contributed by atoms with Crippen LogP contribution in [-0.2, 0) is 0 Å². The van der Waals surface area contributed by atoms with Crippen molar-refractivity contribution in [1.82, 2.24) is 19.9 Å². The maximum atomic E-state index is 4.82. The molecule has 4 aromatic heterocycles. The molecule has 0 unspecified atom stereocenters. The third kappa shape index (κ3) is 2.90. The molecule has 24 heavy (non-hydrogen) atoms. The number of nitrogens with zero attached hydrogens (tertiary/aromatic N) is 4. The number of hydrogen-bond acceptors (Lipinski definition) is 4. The van der Waals surface area contributed by atoms with Crippen molar-refractivity contribution < 1.29 is 0 Å². The van der Waals surface area contributed by atoms with Crippen LogP contribution in [0.3, 0.4) is 0 Å². The van der Waals surface area contributed by atoms with Crippen LogP contribution in [0.15, 0.2) is 85.7 Å². The first-order chi connectivity index (χ1) is 11.9. The van der Waals surface area contributed by atoms with Gasteiger partial charge in [0.25, 0.3) is 0 Å². The second-order valence-electron chi connectivity index (χ2n) is 5.34. The van der Waals surface area contributed by atoms with E-state index < -0.39 is 0 Å². The van der Waals surface area contributed by atoms with Gasteiger partial charge in [0, 0.05) is 53.9 Å². The monoisotopic (exact) mass is 310 g/mol. The first-order valence-corrected chi connectivity index (χ1v) is 7.63. The third-order valence-electron chi connectivity index (χ3n) is 3.77. The average Bonchev–Trinajstić information content (AvgIpc) is 2.70. The molecular weight excluding hydrogens is 296 g/mol. The van der Waals surface area contributed by atoms with Crippen molar-refractivity contribution in [3.8, 4) is 33.6 Å². The van der Waals surface area contributed by atoms with E-state index in [2.05, 4.69) is 33.2 Å². The minimum absolute atomic E-state index is 0.908. The lowest BCUT2D eigenvalue weighted by molar-refractivity contribution is 1.27. The summed E-state index contributed by atoms with van der Waals surface area (Å²) in [7, 11) is 0. The van der Waals surface area contributed by atoms with E-state index in [1.54, 1.807) is 31.0 Å². The van der Waals surface area contributed by atoms with Crippen LogP contribution in [0.1, 0.15) is 0 Å². The first kappa shape index (κ1) is 14.2. The van der Waals surface area contributed by atoms with E-state index in [1.165, 1.54) is 0 Å². The van der Waals surface area contributed by atoms with Crippen LogP contribution in [0.5, 0.6) is 0 Å². The SMILES string of the molecule is c1cncc(-c2cc(-c3ccncc3)nc(-c3ccncc3)c2)c1. The van der Waals surface area contributed by atoms with Crippen molar-refractivity contribution in [1.29, 1.82) is 0 Å². The Kier molecular flexibility index (Phi) is 3.78. The van der Waals surface area contributed by atoms with Crippen LogP contribution >= 0.6 is 0 Å². The second-order valence-corrected chi connectivity index (χ2v) is 5.34. The highest BCUT2D eigenvalue weighted by atomic mass is 14.7. The molecule has 0 atom stereocenters. The molecule has 4 nitrogen and oxygen atoms in total. The highest BCUT2D eigenvalue weighted by Gasteiger charge is 2.08. The molecule has 0 radical (unpaired) electrons. The highest BCUT2D eigenvalue weighted by Crippen LogP contribution is 2.29. The van der Waals surface area contributed by atoms with Crippen molar-refractivity contribution in [3.63, 3.8) is 0 Å². The van der Waals surface area contributed by atoms with Gasteiger partial charge in [-0.25, -0.2) is 4.98 Å². The molecule has 4 rings (SSSR count). The van der Waals surface area contributed by atoms with Crippen molar-refractivity contribution in [3.05, 3.63) is 85.7 Å². The van der Waals surface area contributed by atoms with Crippen LogP contribution in [0, 0.1) is 0 Å². The molecule has 0 aliphatic heterocycles. The van der Waals surface area contributed by atoms with Gasteiger partial charge in [-0.05, 0) is 48.0 Å². The summed E-state index contributed by atoms with van der Waals surface area (Å²) in [6, 6.07) is 16.0. The molecule has 0 aromatic carbocycles. The standard InChI is InChI=1S/C20H14N4/c1-2-17(14-23-7-1)18-12-19(15-3-8-21-9-4-15)24-20(13-18)16-5-10-22-11-6-16/h1-14H. The van der Waals surface area contributed by atoms with E-state index in [0.717, 1.165) is 33.6 Å². The zero-order valence-corrected chi connectivity index (χ0v) is 12.9. The largest absolute Gasteiger partial charge is 0.265 e. The molecule has 0 spiro atoms. The zero-order valence-electron chi connectivity index (χ0n) is 12.9. The van der Waals surface area contributed by atoms with Crippen molar-refractivity contribution in [2.75, 3.05) is 0 Å². The number of rotatable bonds is 3. The van der Waals surface area contributed by atoms with Gasteiger partial charge < -0.3 is 0 Å². The Labute approximate surface area is 139 Å². The summed E-state index contributed by atoms with van der Waals surface area (Å²) in [4.78, 5) is 17.2. The van der Waals surface area contributed by atoms with E-state index >= 15 is 0 Å². The predicted octanol–water partition coefficient (Wildman–Crippen LogP) is 4.27. The topological polar surface area (TPSA) is 51.6 Å². The minimum Gasteiger partial charge on any atom is -0.265 e. The molecule has 0 aliphatic carbocycles. The minimum atomic E-state index is 0.908. The van der Waals surface area contributed by atoms with Gasteiger partial charge in [0.05, 0.1) is 11.4 Å². The Hall–Kier alpha value is -3.40. The molecule has 0 bridgehead atoms. The summed E-state index contributed by atoms with van der Waals surface area (Å²) < 4.78 is 0. The summed E-state index contributed by atoms with van der Waals surface area (Å²) in [5.74, 6) is 0. The van der Waals surface area contributed by atoms with Crippen LogP contribution in [-0.4, -0.2) is 19.9 Å². The number of pyridine rings is 4. The lowest BCUT2D eigenvalue weighted by atomic mass is 10.0. The Balaban J connectivity index is 1.92. The Morgan fingerprint density at radius 1 is 0.500 bits per heavy atom. The third-order valence-corrected chi connectivity index (χ3v) is 3.77. The average molecular weight is 310 g/mol. The first-order valence-electron chi connectivity index (χ1n) is 7.63. The van der Waals surface area contributed by atoms with Crippen LogP contribution in [0.25, 0.3) is 33.6 Å². The van der Waals surface area contributed by atoms with Gasteiger partial charge in [0.1, 0.15) is 0 Å². The summed E-state index contributed by atoms with van der Waals surface area (Å²) in [5.41, 5.74) is 6.02. The summed E-state index contributed by atoms with van der Waals surface area (Å²) in [6.07, 6.45) is 10.7. The Bertz CT molecular complexity index is 799. The van der Waals surface area contributed by atoms with Gasteiger partial charge in [-0.2, -0.15) is 0 Å². The van der Waals surface area contributed by atoms with E-state index in [0.29, 0.717) is 0 Å². The van der Waals surface area contributed by atoms with Gasteiger partial charge in [0.2, 0.25) is 0 Å². The Morgan fingerprint density at radius 3 is 1.58 bits per heavy atom. The Morgan fingerprint density at radius 2 is 1.08 bits per heavy atom. The molecular formula is C20H14N4. The number of hydrogen-bond donors (Lipinski definition) is 0. The van der Waals surface area contributed by atoms with Crippen LogP contribution in [0.4, 0.5) is 0 Å². The molecule has 0 N–H and O–H groups in total. The fourth-order valence-corrected chi connectivity index (χ4v) is 2.57. The second kappa shape index (κ2) is 6.38. The van der Waals surface area contributed by atoms with Crippen molar-refractivity contribution in [2.45, 2.75) is 0 Å². The predicted molar refractivity (Wildman–Crippen MR) is 93.9 cm³/mol. The van der Waals surface area contributed by atoms with E-state index in [-0.39, 0.29) is 0 Å². The van der Waals surface area contributed by atoms with E-state index in [9.17, 15) is 0 Å². The van der Waals surface area contributed by atoms with E-state index in [4.69, 9.17) is 4.98 Å². The maximum Gasteiger partial charge on any atom is 0.0716 e. The summed E-state index contributed by atoms with van der Waals surface area (Å²) in [6.45, 7) is 0. The highest BCUT2D eigenvalue weighted by molar-refractivity contribution is 5.75. The lowest BCUT2D eigenvalue weighted by Gasteiger charge is -2.09. The van der Waals surface area contributed by atoms with Gasteiger partial charge in [-0.1, -0.05) is 6.07 Å². The summed E-state index contributed by atoms with van der Waals surface area (Å²) in [5, 5.41) is 0. The molecule has 114 valence electrons. The van der Waals surface area contributed by atoms with Gasteiger partial charge in [0.15, 0.2) is 0 Å². The van der Waals surface area contributed by atoms with Gasteiger partial charge in [-0.3, -0.25) is 15.0 Å². The smallest absolute Gasteiger partial charge is 0.0716 e. The molecule has 0 amide bonds. The fraction of sp³-hybridized carbons (Fsp3) is 0. The quantitative estimate of drug-likeness (QED) is 0.567. The van der Waals surface area contributed by atoms with Crippen molar-refractivity contribution in [2.24, 2.45) is 0 Å². The molecule has 0 aliphatic rings. The maximum absolute atomic E-state index is 4.82. The number of aromatic nitrogens is 4. The van der Waals surface area contributed by atoms with Crippen LogP contribution < -0.4 is 0 Å². The molecule has 0 fully saturated rings. The molecule has 4 heteroatoms. The summed E-state index contributed by atoms with van der Waals surface area (Å²) >= 11 is 0. The molecule has 0 saturated carbocycles. The fourth-order valence-electron chi connectivity index (χ4n) is 2.57. The zero-order chi connectivity index (χ0) is 16.2. The van der Waals surface area contributed by atoms with Crippen LogP contribution in [0.2, 0.25) is 0 Å². The normalized spacial score (nSPS) is 10.5. The van der Waals surface area contributed by atoms with Gasteiger partial charge in [-0.15, -0.1) is 0 Å². The lowest BCUT2D eigenvalue weighted by Crippen LogP contribution is -1.91. The van der Waals surface area contributed by atoms with Crippen molar-refractivity contribution >= 4 is 0 Å².